The number of anilines is 1. The molecule has 4 nitrogen and oxygen atoms in total. The lowest BCUT2D eigenvalue weighted by Crippen LogP contribution is -2.45. The summed E-state index contributed by atoms with van der Waals surface area (Å²) >= 11 is 6.06. The van der Waals surface area contributed by atoms with Gasteiger partial charge in [-0.2, -0.15) is 5.10 Å². The monoisotopic (exact) mass is 383 g/mol. The first-order valence-corrected chi connectivity index (χ1v) is 9.55. The SMILES string of the molecule is Cc1cc2c(cc1/C=N\NC(=O)c1ccccc1Cl)[C@@H](C)CC(C)(C)N2C. The molecule has 0 saturated carbocycles. The molecule has 0 unspecified atom stereocenters. The van der Waals surface area contributed by atoms with Crippen LogP contribution in [0.3, 0.4) is 0 Å². The molecule has 3 rings (SSSR count). The average molecular weight is 384 g/mol. The molecule has 1 atom stereocenters. The minimum absolute atomic E-state index is 0.136. The van der Waals surface area contributed by atoms with E-state index in [2.05, 4.69) is 62.3 Å². The predicted octanol–water partition coefficient (Wildman–Crippen LogP) is 5.13. The Morgan fingerprint density at radius 2 is 2.04 bits per heavy atom. The molecule has 2 aromatic rings. The van der Waals surface area contributed by atoms with Crippen molar-refractivity contribution < 1.29 is 4.79 Å². The second-order valence-electron chi connectivity index (χ2n) is 7.92. The van der Waals surface area contributed by atoms with Crippen molar-refractivity contribution in [2.75, 3.05) is 11.9 Å². The zero-order chi connectivity index (χ0) is 19.8. The van der Waals surface area contributed by atoms with Crippen molar-refractivity contribution in [1.82, 2.24) is 5.43 Å². The van der Waals surface area contributed by atoms with E-state index in [1.54, 1.807) is 30.5 Å². The van der Waals surface area contributed by atoms with Gasteiger partial charge in [-0.05, 0) is 74.1 Å². The van der Waals surface area contributed by atoms with Crippen molar-refractivity contribution in [2.45, 2.75) is 45.6 Å². The number of halogens is 1. The number of benzene rings is 2. The van der Waals surface area contributed by atoms with E-state index in [-0.39, 0.29) is 11.4 Å². The Morgan fingerprint density at radius 3 is 2.74 bits per heavy atom. The van der Waals surface area contributed by atoms with Crippen molar-refractivity contribution in [3.05, 3.63) is 63.7 Å². The van der Waals surface area contributed by atoms with Crippen LogP contribution in [0, 0.1) is 6.92 Å². The van der Waals surface area contributed by atoms with E-state index in [9.17, 15) is 4.79 Å². The molecule has 0 bridgehead atoms. The average Bonchev–Trinajstić information content (AvgIpc) is 2.60. The number of nitrogens with zero attached hydrogens (tertiary/aromatic N) is 2. The number of rotatable bonds is 3. The Hall–Kier alpha value is -2.33. The Kier molecular flexibility index (Phi) is 5.29. The van der Waals surface area contributed by atoms with Gasteiger partial charge in [0.15, 0.2) is 0 Å². The van der Waals surface area contributed by atoms with Crippen molar-refractivity contribution in [3.63, 3.8) is 0 Å². The van der Waals surface area contributed by atoms with Crippen molar-refractivity contribution >= 4 is 29.4 Å². The number of fused-ring (bicyclic) bond motifs is 1. The second-order valence-corrected chi connectivity index (χ2v) is 8.33. The number of carbonyl (C=O) groups excluding carboxylic acids is 1. The van der Waals surface area contributed by atoms with Gasteiger partial charge in [0.25, 0.3) is 5.91 Å². The summed E-state index contributed by atoms with van der Waals surface area (Å²) in [7, 11) is 2.15. The molecule has 0 saturated heterocycles. The van der Waals surface area contributed by atoms with Gasteiger partial charge < -0.3 is 4.90 Å². The molecule has 27 heavy (non-hydrogen) atoms. The lowest BCUT2D eigenvalue weighted by molar-refractivity contribution is 0.0955. The van der Waals surface area contributed by atoms with E-state index in [4.69, 9.17) is 11.6 Å². The first-order chi connectivity index (χ1) is 12.7. The zero-order valence-corrected chi connectivity index (χ0v) is 17.3. The van der Waals surface area contributed by atoms with Gasteiger partial charge in [-0.3, -0.25) is 4.79 Å². The summed E-state index contributed by atoms with van der Waals surface area (Å²) in [6.45, 7) is 8.89. The molecule has 5 heteroatoms. The van der Waals surface area contributed by atoms with Gasteiger partial charge in [-0.15, -0.1) is 0 Å². The Bertz CT molecular complexity index is 904. The maximum absolute atomic E-state index is 12.2. The highest BCUT2D eigenvalue weighted by atomic mass is 35.5. The first-order valence-electron chi connectivity index (χ1n) is 9.17. The van der Waals surface area contributed by atoms with Gasteiger partial charge in [-0.25, -0.2) is 5.43 Å². The van der Waals surface area contributed by atoms with Gasteiger partial charge in [0.05, 0.1) is 16.8 Å². The summed E-state index contributed by atoms with van der Waals surface area (Å²) in [5.41, 5.74) is 7.84. The quantitative estimate of drug-likeness (QED) is 0.589. The van der Waals surface area contributed by atoms with Gasteiger partial charge in [0.2, 0.25) is 0 Å². The molecule has 1 heterocycles. The maximum Gasteiger partial charge on any atom is 0.272 e. The molecule has 1 aliphatic heterocycles. The highest BCUT2D eigenvalue weighted by Gasteiger charge is 2.34. The highest BCUT2D eigenvalue weighted by molar-refractivity contribution is 6.33. The highest BCUT2D eigenvalue weighted by Crippen LogP contribution is 2.43. The van der Waals surface area contributed by atoms with E-state index < -0.39 is 0 Å². The minimum Gasteiger partial charge on any atom is -0.369 e. The van der Waals surface area contributed by atoms with Crippen molar-refractivity contribution in [3.8, 4) is 0 Å². The fourth-order valence-corrected chi connectivity index (χ4v) is 3.96. The van der Waals surface area contributed by atoms with E-state index >= 15 is 0 Å². The normalized spacial score (nSPS) is 18.4. The second kappa shape index (κ2) is 7.35. The number of amides is 1. The predicted molar refractivity (Wildman–Crippen MR) is 113 cm³/mol. The third-order valence-electron chi connectivity index (χ3n) is 5.51. The number of hydrogen-bond donors (Lipinski definition) is 1. The molecule has 1 N–H and O–H groups in total. The molecule has 1 aliphatic rings. The molecule has 0 fully saturated rings. The summed E-state index contributed by atoms with van der Waals surface area (Å²) in [6, 6.07) is 11.3. The summed E-state index contributed by atoms with van der Waals surface area (Å²) in [5, 5.41) is 4.56. The van der Waals surface area contributed by atoms with Crippen molar-refractivity contribution in [2.24, 2.45) is 5.10 Å². The van der Waals surface area contributed by atoms with Crippen LogP contribution in [0.4, 0.5) is 5.69 Å². The Morgan fingerprint density at radius 1 is 1.33 bits per heavy atom. The van der Waals surface area contributed by atoms with Gasteiger partial charge in [0, 0.05) is 18.3 Å². The first kappa shape index (κ1) is 19.4. The summed E-state index contributed by atoms with van der Waals surface area (Å²) in [6.07, 6.45) is 2.80. The zero-order valence-electron chi connectivity index (χ0n) is 16.5. The third-order valence-corrected chi connectivity index (χ3v) is 5.84. The lowest BCUT2D eigenvalue weighted by atomic mass is 9.79. The Balaban J connectivity index is 1.82. The molecule has 2 aromatic carbocycles. The summed E-state index contributed by atoms with van der Waals surface area (Å²) in [4.78, 5) is 14.6. The maximum atomic E-state index is 12.2. The van der Waals surface area contributed by atoms with Crippen LogP contribution in [0.25, 0.3) is 0 Å². The van der Waals surface area contributed by atoms with Crippen LogP contribution in [0.2, 0.25) is 5.02 Å². The molecule has 142 valence electrons. The molecule has 0 radical (unpaired) electrons. The molecule has 0 spiro atoms. The van der Waals surface area contributed by atoms with Gasteiger partial charge in [0.1, 0.15) is 0 Å². The fourth-order valence-electron chi connectivity index (χ4n) is 3.74. The molecule has 1 amide bonds. The van der Waals surface area contributed by atoms with Crippen LogP contribution < -0.4 is 10.3 Å². The van der Waals surface area contributed by atoms with E-state index in [1.807, 2.05) is 0 Å². The van der Waals surface area contributed by atoms with Crippen LogP contribution in [0.5, 0.6) is 0 Å². The summed E-state index contributed by atoms with van der Waals surface area (Å²) < 4.78 is 0. The van der Waals surface area contributed by atoms with Gasteiger partial charge in [-0.1, -0.05) is 30.7 Å². The fraction of sp³-hybridized carbons (Fsp3) is 0.364. The minimum atomic E-state index is -0.317. The molecule has 0 aromatic heterocycles. The van der Waals surface area contributed by atoms with Crippen LogP contribution >= 0.6 is 11.6 Å². The molecular formula is C22H26ClN3O. The summed E-state index contributed by atoms with van der Waals surface area (Å²) in [5.74, 6) is 0.152. The van der Waals surface area contributed by atoms with E-state index in [0.717, 1.165) is 17.5 Å². The number of aryl methyl sites for hydroxylation is 1. The van der Waals surface area contributed by atoms with E-state index in [1.165, 1.54) is 11.3 Å². The largest absolute Gasteiger partial charge is 0.369 e. The lowest BCUT2D eigenvalue weighted by Gasteiger charge is -2.45. The van der Waals surface area contributed by atoms with Gasteiger partial charge >= 0.3 is 0 Å². The van der Waals surface area contributed by atoms with Crippen molar-refractivity contribution in [1.29, 1.82) is 0 Å². The standard InChI is InChI=1S/C22H26ClN3O/c1-14-10-20-18(15(2)12-22(3,4)26(20)5)11-16(14)13-24-25-21(27)17-8-6-7-9-19(17)23/h6-11,13,15H,12H2,1-5H3,(H,25,27)/b24-13-/t15-/m0/s1. The number of nitrogens with one attached hydrogen (secondary N) is 1. The number of hydrogen-bond acceptors (Lipinski definition) is 3. The van der Waals surface area contributed by atoms with Crippen LogP contribution in [-0.2, 0) is 0 Å². The smallest absolute Gasteiger partial charge is 0.272 e. The van der Waals surface area contributed by atoms with Crippen LogP contribution in [0.1, 0.15) is 60.2 Å². The van der Waals surface area contributed by atoms with Crippen LogP contribution in [0.15, 0.2) is 41.5 Å². The molecule has 0 aliphatic carbocycles. The number of hydrazone groups is 1. The van der Waals surface area contributed by atoms with E-state index in [0.29, 0.717) is 16.5 Å². The Labute approximate surface area is 166 Å². The number of carbonyl (C=O) groups is 1. The topological polar surface area (TPSA) is 44.7 Å². The third kappa shape index (κ3) is 3.86. The van der Waals surface area contributed by atoms with Crippen LogP contribution in [-0.4, -0.2) is 24.7 Å². The molecular weight excluding hydrogens is 358 g/mol.